The van der Waals surface area contributed by atoms with Crippen LogP contribution in [-0.4, -0.2) is 24.5 Å². The van der Waals surface area contributed by atoms with Crippen LogP contribution in [0.5, 0.6) is 5.75 Å². The summed E-state index contributed by atoms with van der Waals surface area (Å²) in [5.74, 6) is 0.0817. The van der Waals surface area contributed by atoms with E-state index >= 15 is 0 Å². The predicted molar refractivity (Wildman–Crippen MR) is 124 cm³/mol. The van der Waals surface area contributed by atoms with Crippen LogP contribution >= 0.6 is 23.4 Å². The molecule has 2 aromatic carbocycles. The Balaban J connectivity index is 1.64. The smallest absolute Gasteiger partial charge is 0.282 e. The highest BCUT2D eigenvalue weighted by Crippen LogP contribution is 2.38. The zero-order valence-corrected chi connectivity index (χ0v) is 19.0. The molecule has 0 unspecified atom stereocenters. The fourth-order valence-corrected chi connectivity index (χ4v) is 4.96. The van der Waals surface area contributed by atoms with E-state index in [1.54, 1.807) is 36.4 Å². The molecule has 0 atom stereocenters. The van der Waals surface area contributed by atoms with Crippen LogP contribution in [0.15, 0.2) is 64.0 Å². The molecular formula is C24H25ClN2O3S. The number of nitrogens with zero attached hydrogens (tertiary/aromatic N) is 1. The highest BCUT2D eigenvalue weighted by molar-refractivity contribution is 8.04. The van der Waals surface area contributed by atoms with E-state index in [0.29, 0.717) is 33.7 Å². The van der Waals surface area contributed by atoms with Gasteiger partial charge >= 0.3 is 0 Å². The van der Waals surface area contributed by atoms with Crippen molar-refractivity contribution in [3.05, 3.63) is 64.2 Å². The lowest BCUT2D eigenvalue weighted by atomic mass is 9.95. The number of imide groups is 1. The SMILES string of the molecule is CCOc1ccc(N2C(=O)C(NC3CCCCC3)=C(Sc3ccc(Cl)cc3)C2=O)cc1. The van der Waals surface area contributed by atoms with Gasteiger partial charge in [-0.2, -0.15) is 0 Å². The van der Waals surface area contributed by atoms with E-state index in [0.717, 1.165) is 30.6 Å². The Morgan fingerprint density at radius 1 is 1.00 bits per heavy atom. The fourth-order valence-electron chi connectivity index (χ4n) is 3.90. The Labute approximate surface area is 191 Å². The first kappa shape index (κ1) is 21.8. The van der Waals surface area contributed by atoms with Crippen molar-refractivity contribution in [3.63, 3.8) is 0 Å². The van der Waals surface area contributed by atoms with Gasteiger partial charge in [-0.15, -0.1) is 0 Å². The normalized spacial score (nSPS) is 17.4. The Kier molecular flexibility index (Phi) is 6.88. The summed E-state index contributed by atoms with van der Waals surface area (Å²) in [6.45, 7) is 2.47. The number of amides is 2. The fraction of sp³-hybridized carbons (Fsp3) is 0.333. The van der Waals surface area contributed by atoms with Gasteiger partial charge in [0, 0.05) is 16.0 Å². The molecule has 7 heteroatoms. The van der Waals surface area contributed by atoms with Crippen LogP contribution in [0.4, 0.5) is 5.69 Å². The van der Waals surface area contributed by atoms with Crippen molar-refractivity contribution in [1.29, 1.82) is 0 Å². The Hall–Kier alpha value is -2.44. The van der Waals surface area contributed by atoms with Crippen LogP contribution in [0, 0.1) is 0 Å². The first-order chi connectivity index (χ1) is 15.1. The van der Waals surface area contributed by atoms with Gasteiger partial charge in [-0.25, -0.2) is 4.90 Å². The molecule has 1 heterocycles. The average Bonchev–Trinajstić information content (AvgIpc) is 3.01. The predicted octanol–water partition coefficient (Wildman–Crippen LogP) is 5.54. The van der Waals surface area contributed by atoms with Crippen LogP contribution in [-0.2, 0) is 9.59 Å². The van der Waals surface area contributed by atoms with E-state index in [4.69, 9.17) is 16.3 Å². The molecule has 0 aromatic heterocycles. The number of carbonyl (C=O) groups excluding carboxylic acids is 2. The van der Waals surface area contributed by atoms with Crippen LogP contribution in [0.2, 0.25) is 5.02 Å². The highest BCUT2D eigenvalue weighted by Gasteiger charge is 2.41. The van der Waals surface area contributed by atoms with Gasteiger partial charge in [0.1, 0.15) is 16.4 Å². The lowest BCUT2D eigenvalue weighted by Gasteiger charge is -2.24. The molecule has 1 saturated carbocycles. The summed E-state index contributed by atoms with van der Waals surface area (Å²) >= 11 is 7.30. The Morgan fingerprint density at radius 3 is 2.32 bits per heavy atom. The Morgan fingerprint density at radius 2 is 1.68 bits per heavy atom. The van der Waals surface area contributed by atoms with Crippen molar-refractivity contribution in [2.45, 2.75) is 50.0 Å². The Bertz CT molecular complexity index is 983. The quantitative estimate of drug-likeness (QED) is 0.554. The number of carbonyl (C=O) groups is 2. The monoisotopic (exact) mass is 456 g/mol. The van der Waals surface area contributed by atoms with Gasteiger partial charge < -0.3 is 10.1 Å². The molecule has 2 aromatic rings. The van der Waals surface area contributed by atoms with Crippen molar-refractivity contribution < 1.29 is 14.3 Å². The lowest BCUT2D eigenvalue weighted by Crippen LogP contribution is -2.37. The molecule has 4 rings (SSSR count). The van der Waals surface area contributed by atoms with E-state index in [2.05, 4.69) is 5.32 Å². The van der Waals surface area contributed by atoms with Crippen LogP contribution < -0.4 is 15.0 Å². The van der Waals surface area contributed by atoms with Crippen LogP contribution in [0.3, 0.4) is 0 Å². The minimum absolute atomic E-state index is 0.210. The molecule has 0 radical (unpaired) electrons. The number of thioether (sulfide) groups is 1. The van der Waals surface area contributed by atoms with Crippen molar-refractivity contribution >= 4 is 40.9 Å². The van der Waals surface area contributed by atoms with Crippen molar-refractivity contribution in [2.75, 3.05) is 11.5 Å². The number of halogens is 1. The van der Waals surface area contributed by atoms with Crippen molar-refractivity contribution in [3.8, 4) is 5.75 Å². The molecule has 0 saturated heterocycles. The standard InChI is InChI=1S/C24H25ClN2O3S/c1-2-30-19-12-10-18(11-13-19)27-23(28)21(26-17-6-4-3-5-7-17)22(24(27)29)31-20-14-8-16(25)9-15-20/h8-15,17,26H,2-7H2,1H3. The molecular weight excluding hydrogens is 432 g/mol. The number of benzene rings is 2. The molecule has 162 valence electrons. The maximum Gasteiger partial charge on any atom is 0.282 e. The van der Waals surface area contributed by atoms with E-state index in [1.807, 2.05) is 19.1 Å². The summed E-state index contributed by atoms with van der Waals surface area (Å²) in [7, 11) is 0. The molecule has 0 bridgehead atoms. The minimum Gasteiger partial charge on any atom is -0.494 e. The molecule has 1 aliphatic carbocycles. The number of nitrogens with one attached hydrogen (secondary N) is 1. The summed E-state index contributed by atoms with van der Waals surface area (Å²) in [5.41, 5.74) is 0.929. The van der Waals surface area contributed by atoms with Crippen LogP contribution in [0.1, 0.15) is 39.0 Å². The van der Waals surface area contributed by atoms with Crippen molar-refractivity contribution in [1.82, 2.24) is 5.32 Å². The van der Waals surface area contributed by atoms with E-state index in [-0.39, 0.29) is 17.9 Å². The first-order valence-corrected chi connectivity index (χ1v) is 11.8. The average molecular weight is 457 g/mol. The van der Waals surface area contributed by atoms with Crippen molar-refractivity contribution in [2.24, 2.45) is 0 Å². The van der Waals surface area contributed by atoms with Gasteiger partial charge in [0.15, 0.2) is 0 Å². The summed E-state index contributed by atoms with van der Waals surface area (Å²) in [5, 5.41) is 4.04. The summed E-state index contributed by atoms with van der Waals surface area (Å²) < 4.78 is 5.48. The highest BCUT2D eigenvalue weighted by atomic mass is 35.5. The third-order valence-corrected chi connectivity index (χ3v) is 6.78. The van der Waals surface area contributed by atoms with Gasteiger partial charge in [0.05, 0.1) is 12.3 Å². The maximum atomic E-state index is 13.4. The van der Waals surface area contributed by atoms with E-state index in [1.165, 1.54) is 23.1 Å². The molecule has 2 amide bonds. The molecule has 1 aliphatic heterocycles. The zero-order valence-electron chi connectivity index (χ0n) is 17.4. The van der Waals surface area contributed by atoms with E-state index < -0.39 is 0 Å². The second-order valence-electron chi connectivity index (χ2n) is 7.61. The molecule has 2 aliphatic rings. The number of anilines is 1. The second kappa shape index (κ2) is 9.79. The summed E-state index contributed by atoms with van der Waals surface area (Å²) in [4.78, 5) is 29.3. The van der Waals surface area contributed by atoms with Gasteiger partial charge in [-0.05, 0) is 68.3 Å². The minimum atomic E-state index is -0.313. The largest absolute Gasteiger partial charge is 0.494 e. The van der Waals surface area contributed by atoms with Gasteiger partial charge in [0.25, 0.3) is 11.8 Å². The topological polar surface area (TPSA) is 58.6 Å². The lowest BCUT2D eigenvalue weighted by molar-refractivity contribution is -0.120. The molecule has 0 spiro atoms. The zero-order chi connectivity index (χ0) is 21.8. The van der Waals surface area contributed by atoms with E-state index in [9.17, 15) is 9.59 Å². The number of hydrogen-bond acceptors (Lipinski definition) is 5. The van der Waals surface area contributed by atoms with Gasteiger partial charge in [-0.1, -0.05) is 42.6 Å². The number of hydrogen-bond donors (Lipinski definition) is 1. The van der Waals surface area contributed by atoms with Gasteiger partial charge in [0.2, 0.25) is 0 Å². The van der Waals surface area contributed by atoms with Gasteiger partial charge in [-0.3, -0.25) is 9.59 Å². The van der Waals surface area contributed by atoms with Crippen LogP contribution in [0.25, 0.3) is 0 Å². The third kappa shape index (κ3) is 4.91. The first-order valence-electron chi connectivity index (χ1n) is 10.6. The number of ether oxygens (including phenoxy) is 1. The maximum absolute atomic E-state index is 13.4. The molecule has 31 heavy (non-hydrogen) atoms. The third-order valence-electron chi connectivity index (χ3n) is 5.43. The summed E-state index contributed by atoms with van der Waals surface area (Å²) in [6, 6.07) is 14.5. The molecule has 1 N–H and O–H groups in total. The molecule has 5 nitrogen and oxygen atoms in total. The summed E-state index contributed by atoms with van der Waals surface area (Å²) in [6.07, 6.45) is 5.50. The number of rotatable bonds is 7. The molecule has 1 fully saturated rings. The second-order valence-corrected chi connectivity index (χ2v) is 9.13.